The molecule has 0 saturated carbocycles. The van der Waals surface area contributed by atoms with Crippen LogP contribution in [0.1, 0.15) is 31.7 Å². The van der Waals surface area contributed by atoms with Crippen molar-refractivity contribution in [2.75, 3.05) is 13.9 Å². The highest BCUT2D eigenvalue weighted by Crippen LogP contribution is 2.36. The van der Waals surface area contributed by atoms with Crippen LogP contribution in [0.25, 0.3) is 0 Å². The van der Waals surface area contributed by atoms with Gasteiger partial charge >= 0.3 is 5.97 Å². The smallest absolute Gasteiger partial charge is 0.313 e. The largest absolute Gasteiger partial charge is 0.469 e. The van der Waals surface area contributed by atoms with Crippen LogP contribution in [0, 0.1) is 5.92 Å². The first-order valence-corrected chi connectivity index (χ1v) is 6.09. The molecule has 2 rings (SSSR count). The lowest BCUT2D eigenvalue weighted by atomic mass is 9.90. The van der Waals surface area contributed by atoms with E-state index in [0.29, 0.717) is 11.7 Å². The third kappa shape index (κ3) is 2.58. The summed E-state index contributed by atoms with van der Waals surface area (Å²) in [6.07, 6.45) is 0.756. The predicted molar refractivity (Wildman–Crippen MR) is 66.8 cm³/mol. The highest BCUT2D eigenvalue weighted by Gasteiger charge is 2.25. The zero-order chi connectivity index (χ0) is 13.1. The maximum Gasteiger partial charge on any atom is 0.313 e. The zero-order valence-electron chi connectivity index (χ0n) is 10.9. The van der Waals surface area contributed by atoms with Crippen LogP contribution in [0.2, 0.25) is 0 Å². The van der Waals surface area contributed by atoms with E-state index >= 15 is 0 Å². The van der Waals surface area contributed by atoms with Gasteiger partial charge in [-0.1, -0.05) is 19.9 Å². The molecule has 1 aromatic carbocycles. The second-order valence-corrected chi connectivity index (χ2v) is 4.82. The molecule has 4 nitrogen and oxygen atoms in total. The van der Waals surface area contributed by atoms with E-state index in [4.69, 9.17) is 14.2 Å². The van der Waals surface area contributed by atoms with Gasteiger partial charge in [0.1, 0.15) is 0 Å². The number of carbonyl (C=O) groups excluding carboxylic acids is 1. The van der Waals surface area contributed by atoms with Crippen molar-refractivity contribution in [2.45, 2.75) is 26.2 Å². The van der Waals surface area contributed by atoms with Crippen LogP contribution in [0.3, 0.4) is 0 Å². The van der Waals surface area contributed by atoms with Gasteiger partial charge in [-0.05, 0) is 30.0 Å². The Morgan fingerprint density at radius 1 is 1.33 bits per heavy atom. The Balaban J connectivity index is 2.27. The van der Waals surface area contributed by atoms with Gasteiger partial charge in [-0.25, -0.2) is 0 Å². The molecule has 98 valence electrons. The summed E-state index contributed by atoms with van der Waals surface area (Å²) in [5, 5.41) is 0. The van der Waals surface area contributed by atoms with Crippen molar-refractivity contribution in [1.29, 1.82) is 0 Å². The molecule has 0 aromatic heterocycles. The summed E-state index contributed by atoms with van der Waals surface area (Å²) in [4.78, 5) is 11.9. The van der Waals surface area contributed by atoms with E-state index in [-0.39, 0.29) is 18.7 Å². The van der Waals surface area contributed by atoms with E-state index in [1.807, 2.05) is 18.2 Å². The van der Waals surface area contributed by atoms with Crippen molar-refractivity contribution in [3.63, 3.8) is 0 Å². The fourth-order valence-corrected chi connectivity index (χ4v) is 2.11. The first kappa shape index (κ1) is 12.7. The minimum absolute atomic E-state index is 0.206. The number of fused-ring (bicyclic) bond motifs is 1. The lowest BCUT2D eigenvalue weighted by Crippen LogP contribution is -2.16. The van der Waals surface area contributed by atoms with Crippen LogP contribution in [0.15, 0.2) is 18.2 Å². The van der Waals surface area contributed by atoms with Crippen LogP contribution in [-0.4, -0.2) is 19.9 Å². The minimum atomic E-state index is -0.246. The maximum absolute atomic E-state index is 11.9. The van der Waals surface area contributed by atoms with Crippen LogP contribution in [0.4, 0.5) is 0 Å². The van der Waals surface area contributed by atoms with Gasteiger partial charge in [-0.3, -0.25) is 4.79 Å². The molecular formula is C14H18O4. The number of ether oxygens (including phenoxy) is 3. The highest BCUT2D eigenvalue weighted by molar-refractivity contribution is 5.78. The number of methoxy groups -OCH3 is 1. The molecule has 0 saturated heterocycles. The number of carbonyl (C=O) groups is 1. The summed E-state index contributed by atoms with van der Waals surface area (Å²) in [5.41, 5.74) is 0.916. The molecule has 0 spiro atoms. The summed E-state index contributed by atoms with van der Waals surface area (Å²) in [6, 6.07) is 5.61. The normalized spacial score (nSPS) is 14.7. The molecule has 0 amide bonds. The van der Waals surface area contributed by atoms with Crippen molar-refractivity contribution in [3.8, 4) is 11.5 Å². The van der Waals surface area contributed by atoms with Gasteiger partial charge in [0.05, 0.1) is 13.0 Å². The summed E-state index contributed by atoms with van der Waals surface area (Å²) in [5.74, 6) is 1.39. The van der Waals surface area contributed by atoms with Crippen LogP contribution in [0.5, 0.6) is 11.5 Å². The molecule has 0 aliphatic carbocycles. The van der Waals surface area contributed by atoms with E-state index in [0.717, 1.165) is 17.7 Å². The average Bonchev–Trinajstić information content (AvgIpc) is 2.81. The van der Waals surface area contributed by atoms with E-state index in [1.54, 1.807) is 0 Å². The third-order valence-corrected chi connectivity index (χ3v) is 2.99. The molecule has 0 fully saturated rings. The van der Waals surface area contributed by atoms with E-state index in [1.165, 1.54) is 7.11 Å². The lowest BCUT2D eigenvalue weighted by molar-refractivity contribution is -0.142. The van der Waals surface area contributed by atoms with Crippen LogP contribution >= 0.6 is 0 Å². The number of esters is 1. The van der Waals surface area contributed by atoms with Gasteiger partial charge in [0.2, 0.25) is 6.79 Å². The quantitative estimate of drug-likeness (QED) is 0.771. The fraction of sp³-hybridized carbons (Fsp3) is 0.500. The molecule has 1 atom stereocenters. The summed E-state index contributed by atoms with van der Waals surface area (Å²) < 4.78 is 15.5. The number of hydrogen-bond acceptors (Lipinski definition) is 4. The highest BCUT2D eigenvalue weighted by atomic mass is 16.7. The summed E-state index contributed by atoms with van der Waals surface area (Å²) >= 11 is 0. The zero-order valence-corrected chi connectivity index (χ0v) is 10.9. The van der Waals surface area contributed by atoms with Gasteiger partial charge in [0.15, 0.2) is 11.5 Å². The Bertz CT molecular complexity index is 439. The maximum atomic E-state index is 11.9. The second kappa shape index (κ2) is 5.29. The summed E-state index contributed by atoms with van der Waals surface area (Å²) in [6.45, 7) is 4.41. The van der Waals surface area contributed by atoms with E-state index < -0.39 is 0 Å². The van der Waals surface area contributed by atoms with Gasteiger partial charge in [0.25, 0.3) is 0 Å². The first-order chi connectivity index (χ1) is 8.61. The van der Waals surface area contributed by atoms with Crippen LogP contribution < -0.4 is 9.47 Å². The Kier molecular flexibility index (Phi) is 3.75. The molecule has 1 heterocycles. The van der Waals surface area contributed by atoms with Crippen molar-refractivity contribution in [3.05, 3.63) is 23.8 Å². The molecule has 0 radical (unpaired) electrons. The first-order valence-electron chi connectivity index (χ1n) is 6.09. The molecule has 1 aliphatic rings. The fourth-order valence-electron chi connectivity index (χ4n) is 2.11. The molecule has 1 unspecified atom stereocenters. The van der Waals surface area contributed by atoms with Crippen molar-refractivity contribution >= 4 is 5.97 Å². The Hall–Kier alpha value is -1.71. The summed E-state index contributed by atoms with van der Waals surface area (Å²) in [7, 11) is 1.42. The molecule has 4 heteroatoms. The number of benzene rings is 1. The van der Waals surface area contributed by atoms with Crippen molar-refractivity contribution in [1.82, 2.24) is 0 Å². The molecule has 1 aliphatic heterocycles. The Morgan fingerprint density at radius 3 is 2.72 bits per heavy atom. The topological polar surface area (TPSA) is 44.8 Å². The minimum Gasteiger partial charge on any atom is -0.469 e. The second-order valence-electron chi connectivity index (χ2n) is 4.82. The monoisotopic (exact) mass is 250 g/mol. The van der Waals surface area contributed by atoms with Gasteiger partial charge in [-0.2, -0.15) is 0 Å². The van der Waals surface area contributed by atoms with Gasteiger partial charge < -0.3 is 14.2 Å². The van der Waals surface area contributed by atoms with Gasteiger partial charge in [-0.15, -0.1) is 0 Å². The third-order valence-electron chi connectivity index (χ3n) is 2.99. The Labute approximate surface area is 107 Å². The van der Waals surface area contributed by atoms with Crippen molar-refractivity contribution < 1.29 is 19.0 Å². The molecular weight excluding hydrogens is 232 g/mol. The Morgan fingerprint density at radius 2 is 2.06 bits per heavy atom. The number of rotatable bonds is 4. The van der Waals surface area contributed by atoms with Crippen molar-refractivity contribution in [2.24, 2.45) is 5.92 Å². The molecule has 0 bridgehead atoms. The van der Waals surface area contributed by atoms with Crippen LogP contribution in [-0.2, 0) is 9.53 Å². The lowest BCUT2D eigenvalue weighted by Gasteiger charge is -2.17. The standard InChI is InChI=1S/C14H18O4/c1-9(2)6-11(14(15)16-3)10-4-5-12-13(7-10)18-8-17-12/h4-5,7,9,11H,6,8H2,1-3H3. The average molecular weight is 250 g/mol. The number of hydrogen-bond donors (Lipinski definition) is 0. The molecule has 18 heavy (non-hydrogen) atoms. The predicted octanol–water partition coefficient (Wildman–Crippen LogP) is 2.72. The SMILES string of the molecule is COC(=O)C(CC(C)C)c1ccc2c(c1)OCO2. The molecule has 1 aromatic rings. The van der Waals surface area contributed by atoms with Gasteiger partial charge in [0, 0.05) is 0 Å². The van der Waals surface area contributed by atoms with E-state index in [2.05, 4.69) is 13.8 Å². The van der Waals surface area contributed by atoms with E-state index in [9.17, 15) is 4.79 Å². The molecule has 0 N–H and O–H groups in total.